The van der Waals surface area contributed by atoms with E-state index < -0.39 is 0 Å². The molecular weight excluding hydrogens is 428 g/mol. The van der Waals surface area contributed by atoms with Crippen molar-refractivity contribution in [1.29, 1.82) is 0 Å². The highest BCUT2D eigenvalue weighted by Crippen LogP contribution is 2.37. The summed E-state index contributed by atoms with van der Waals surface area (Å²) in [6.07, 6.45) is 5.01. The average Bonchev–Trinajstić information content (AvgIpc) is 3.44. The van der Waals surface area contributed by atoms with Crippen molar-refractivity contribution in [3.8, 4) is 11.1 Å². The minimum atomic E-state index is -0.203. The first-order chi connectivity index (χ1) is 16.6. The van der Waals surface area contributed by atoms with Crippen molar-refractivity contribution in [2.45, 2.75) is 25.5 Å². The molecule has 3 N–H and O–H groups in total. The molecule has 6 rings (SSSR count). The number of benzene rings is 2. The van der Waals surface area contributed by atoms with Crippen LogP contribution in [-0.2, 0) is 13.6 Å². The Balaban J connectivity index is 1.32. The lowest BCUT2D eigenvalue weighted by atomic mass is 9.94. The average molecular weight is 455 g/mol. The number of hydrogen-bond donors (Lipinski definition) is 3. The smallest absolute Gasteiger partial charge is 0.254 e. The second-order valence-electron chi connectivity index (χ2n) is 8.97. The van der Waals surface area contributed by atoms with Gasteiger partial charge in [-0.2, -0.15) is 0 Å². The Morgan fingerprint density at radius 1 is 1.06 bits per heavy atom. The number of fused-ring (bicyclic) bond motifs is 2. The number of nitrogens with zero attached hydrogens (tertiary/aromatic N) is 4. The van der Waals surface area contributed by atoms with Gasteiger partial charge in [-0.15, -0.1) is 0 Å². The highest BCUT2D eigenvalue weighted by molar-refractivity contribution is 6.07. The van der Waals surface area contributed by atoms with Gasteiger partial charge in [-0.1, -0.05) is 18.2 Å². The van der Waals surface area contributed by atoms with Gasteiger partial charge >= 0.3 is 0 Å². The Bertz CT molecular complexity index is 1390. The summed E-state index contributed by atoms with van der Waals surface area (Å²) in [5, 5.41) is 16.1. The Morgan fingerprint density at radius 3 is 2.71 bits per heavy atom. The third-order valence-corrected chi connectivity index (χ3v) is 6.85. The van der Waals surface area contributed by atoms with E-state index >= 15 is 0 Å². The van der Waals surface area contributed by atoms with Crippen molar-refractivity contribution in [1.82, 2.24) is 19.9 Å². The second-order valence-corrected chi connectivity index (χ2v) is 8.97. The molecule has 2 aliphatic rings. The van der Waals surface area contributed by atoms with E-state index in [1.165, 1.54) is 0 Å². The number of carbonyl (C=O) groups is 1. The van der Waals surface area contributed by atoms with Crippen LogP contribution in [0.15, 0.2) is 55.0 Å². The zero-order valence-electron chi connectivity index (χ0n) is 19.0. The molecule has 8 nitrogen and oxygen atoms in total. The van der Waals surface area contributed by atoms with Gasteiger partial charge in [0.2, 0.25) is 0 Å². The summed E-state index contributed by atoms with van der Waals surface area (Å²) in [5.41, 5.74) is 7.42. The molecule has 0 spiro atoms. The number of aromatic nitrogens is 3. The van der Waals surface area contributed by atoms with Crippen LogP contribution in [0.4, 0.5) is 17.2 Å². The van der Waals surface area contributed by atoms with E-state index in [-0.39, 0.29) is 12.0 Å². The first kappa shape index (κ1) is 20.7. The minimum Gasteiger partial charge on any atom is -0.393 e. The van der Waals surface area contributed by atoms with Crippen LogP contribution in [-0.4, -0.2) is 44.7 Å². The molecule has 1 fully saturated rings. The fourth-order valence-electron chi connectivity index (χ4n) is 4.99. The van der Waals surface area contributed by atoms with E-state index in [4.69, 9.17) is 0 Å². The molecule has 1 amide bonds. The number of rotatable bonds is 4. The van der Waals surface area contributed by atoms with Crippen molar-refractivity contribution in [3.05, 3.63) is 66.1 Å². The Morgan fingerprint density at radius 2 is 1.91 bits per heavy atom. The van der Waals surface area contributed by atoms with Gasteiger partial charge in [-0.3, -0.25) is 4.79 Å². The number of amides is 1. The fraction of sp³-hybridized carbons (Fsp3) is 0.269. The quantitative estimate of drug-likeness (QED) is 0.436. The van der Waals surface area contributed by atoms with E-state index in [2.05, 4.69) is 37.6 Å². The molecule has 8 heteroatoms. The lowest BCUT2D eigenvalue weighted by molar-refractivity contribution is 0.0966. The normalized spacial score (nSPS) is 16.1. The summed E-state index contributed by atoms with van der Waals surface area (Å²) >= 11 is 0. The summed E-state index contributed by atoms with van der Waals surface area (Å²) in [4.78, 5) is 24.2. The molecule has 1 saturated heterocycles. The molecule has 0 bridgehead atoms. The fourth-order valence-corrected chi connectivity index (χ4v) is 4.99. The van der Waals surface area contributed by atoms with E-state index in [1.807, 2.05) is 54.5 Å². The van der Waals surface area contributed by atoms with Gasteiger partial charge in [0.1, 0.15) is 5.82 Å². The van der Waals surface area contributed by atoms with Gasteiger partial charge in [0.05, 0.1) is 46.6 Å². The van der Waals surface area contributed by atoms with Crippen molar-refractivity contribution >= 4 is 34.1 Å². The molecule has 172 valence electrons. The van der Waals surface area contributed by atoms with Crippen LogP contribution in [0, 0.1) is 0 Å². The molecule has 2 aromatic heterocycles. The number of piperidine rings is 1. The van der Waals surface area contributed by atoms with Crippen LogP contribution in [0.1, 0.15) is 28.8 Å². The van der Waals surface area contributed by atoms with Crippen LogP contribution >= 0.6 is 0 Å². The van der Waals surface area contributed by atoms with E-state index in [9.17, 15) is 9.90 Å². The molecule has 0 radical (unpaired) electrons. The summed E-state index contributed by atoms with van der Waals surface area (Å²) in [7, 11) is 1.98. The van der Waals surface area contributed by atoms with Crippen LogP contribution in [0.25, 0.3) is 22.2 Å². The highest BCUT2D eigenvalue weighted by atomic mass is 16.3. The number of carbonyl (C=O) groups excluding carboxylic acids is 1. The standard InChI is InChI=1S/C26H26N6O2/c1-31-15-29-25-19(3-2-4-22(25)31)18-6-7-21(24-20(18)14-28-26(24)34)30-23-8-5-16(13-27-23)32-11-9-17(33)10-12-32/h2-8,13,15,17,33H,9-12,14H2,1H3,(H,27,30)(H,28,34). The number of aryl methyl sites for hydroxylation is 1. The predicted octanol–water partition coefficient (Wildman–Crippen LogP) is 3.58. The monoisotopic (exact) mass is 454 g/mol. The van der Waals surface area contributed by atoms with E-state index in [1.54, 1.807) is 0 Å². The summed E-state index contributed by atoms with van der Waals surface area (Å²) < 4.78 is 2.00. The minimum absolute atomic E-state index is 0.0870. The lowest BCUT2D eigenvalue weighted by Gasteiger charge is -2.31. The largest absolute Gasteiger partial charge is 0.393 e. The Hall–Kier alpha value is -3.91. The maximum Gasteiger partial charge on any atom is 0.254 e. The zero-order valence-corrected chi connectivity index (χ0v) is 19.0. The molecule has 0 unspecified atom stereocenters. The number of hydrogen-bond acceptors (Lipinski definition) is 6. The first-order valence-corrected chi connectivity index (χ1v) is 11.6. The summed E-state index contributed by atoms with van der Waals surface area (Å²) in [5.74, 6) is 0.596. The molecule has 2 aliphatic heterocycles. The second kappa shape index (κ2) is 8.14. The molecule has 4 aromatic rings. The summed E-state index contributed by atoms with van der Waals surface area (Å²) in [6, 6.07) is 14.1. The van der Waals surface area contributed by atoms with Gasteiger partial charge in [-0.05, 0) is 48.2 Å². The molecule has 0 atom stereocenters. The number of imidazole rings is 1. The van der Waals surface area contributed by atoms with Crippen molar-refractivity contribution in [3.63, 3.8) is 0 Å². The predicted molar refractivity (Wildman–Crippen MR) is 132 cm³/mol. The van der Waals surface area contributed by atoms with Gasteiger partial charge in [0.15, 0.2) is 0 Å². The van der Waals surface area contributed by atoms with Crippen molar-refractivity contribution in [2.75, 3.05) is 23.3 Å². The van der Waals surface area contributed by atoms with Gasteiger partial charge in [-0.25, -0.2) is 9.97 Å². The molecule has 0 aliphatic carbocycles. The van der Waals surface area contributed by atoms with Crippen LogP contribution in [0.5, 0.6) is 0 Å². The van der Waals surface area contributed by atoms with Crippen LogP contribution in [0.2, 0.25) is 0 Å². The van der Waals surface area contributed by atoms with Crippen molar-refractivity contribution in [2.24, 2.45) is 7.05 Å². The number of pyridine rings is 1. The first-order valence-electron chi connectivity index (χ1n) is 11.6. The molecule has 34 heavy (non-hydrogen) atoms. The van der Waals surface area contributed by atoms with E-state index in [0.29, 0.717) is 17.9 Å². The lowest BCUT2D eigenvalue weighted by Crippen LogP contribution is -2.35. The van der Waals surface area contributed by atoms with E-state index in [0.717, 1.165) is 65.0 Å². The maximum atomic E-state index is 12.8. The van der Waals surface area contributed by atoms with Crippen molar-refractivity contribution < 1.29 is 9.90 Å². The highest BCUT2D eigenvalue weighted by Gasteiger charge is 2.27. The van der Waals surface area contributed by atoms with Gasteiger partial charge in [0, 0.05) is 32.2 Å². The number of para-hydroxylation sites is 1. The Kier molecular flexibility index (Phi) is 4.95. The summed E-state index contributed by atoms with van der Waals surface area (Å²) in [6.45, 7) is 2.14. The number of aliphatic hydroxyl groups is 1. The molecule has 0 saturated carbocycles. The molecule has 2 aromatic carbocycles. The third kappa shape index (κ3) is 3.47. The zero-order chi connectivity index (χ0) is 23.2. The third-order valence-electron chi connectivity index (χ3n) is 6.85. The SMILES string of the molecule is Cn1cnc2c(-c3ccc(Nc4ccc(N5CCC(O)CC5)cn4)c4c3CNC4=O)cccc21. The number of nitrogens with one attached hydrogen (secondary N) is 2. The molecule has 4 heterocycles. The van der Waals surface area contributed by atoms with Gasteiger partial charge in [0.25, 0.3) is 5.91 Å². The molecular formula is C26H26N6O2. The van der Waals surface area contributed by atoms with Crippen LogP contribution in [0.3, 0.4) is 0 Å². The number of aliphatic hydroxyl groups excluding tert-OH is 1. The maximum absolute atomic E-state index is 12.8. The van der Waals surface area contributed by atoms with Crippen LogP contribution < -0.4 is 15.5 Å². The Labute approximate surface area is 197 Å². The topological polar surface area (TPSA) is 95.3 Å². The number of anilines is 3. The van der Waals surface area contributed by atoms with Gasteiger partial charge < -0.3 is 25.2 Å².